The molecule has 3 amide bonds. The van der Waals surface area contributed by atoms with Crippen molar-refractivity contribution in [2.24, 2.45) is 0 Å². The largest absolute Gasteiger partial charge is 0.494 e. The summed E-state index contributed by atoms with van der Waals surface area (Å²) in [6.45, 7) is 5.71. The number of urea groups is 1. The highest BCUT2D eigenvalue weighted by Gasteiger charge is 2.20. The highest BCUT2D eigenvalue weighted by atomic mass is 16.5. The van der Waals surface area contributed by atoms with E-state index in [-0.39, 0.29) is 18.5 Å². The molecule has 0 aromatic heterocycles. The second kappa shape index (κ2) is 12.3. The molecule has 9 heteroatoms. The van der Waals surface area contributed by atoms with Gasteiger partial charge in [0.1, 0.15) is 11.9 Å². The minimum atomic E-state index is -0.876. The van der Waals surface area contributed by atoms with Crippen LogP contribution in [0.1, 0.15) is 38.7 Å². The van der Waals surface area contributed by atoms with Crippen LogP contribution in [0.2, 0.25) is 0 Å². The summed E-state index contributed by atoms with van der Waals surface area (Å²) in [5.41, 5.74) is 2.86. The Bertz CT molecular complexity index is 979. The average molecular weight is 457 g/mol. The third-order valence-corrected chi connectivity index (χ3v) is 5.08. The van der Waals surface area contributed by atoms with Gasteiger partial charge in [-0.05, 0) is 43.5 Å². The van der Waals surface area contributed by atoms with E-state index in [1.165, 1.54) is 14.0 Å². The molecule has 0 saturated carbocycles. The molecule has 178 valence electrons. The molecule has 0 radical (unpaired) electrons. The monoisotopic (exact) mass is 456 g/mol. The number of aryl methyl sites for hydroxylation is 1. The summed E-state index contributed by atoms with van der Waals surface area (Å²) < 4.78 is 5.50. The summed E-state index contributed by atoms with van der Waals surface area (Å²) in [7, 11) is 1.50. The fourth-order valence-electron chi connectivity index (χ4n) is 3.45. The van der Waals surface area contributed by atoms with Gasteiger partial charge in [-0.25, -0.2) is 4.79 Å². The quantitative estimate of drug-likeness (QED) is 0.376. The van der Waals surface area contributed by atoms with Crippen LogP contribution in [0.3, 0.4) is 0 Å². The van der Waals surface area contributed by atoms with Crippen LogP contribution in [0.25, 0.3) is 0 Å². The SMILES string of the molecule is CCC(NC(C)=O)N(CCCC(=O)O)c1ccc(NC(=O)Nc2ccccc2C)c(OC)c1. The van der Waals surface area contributed by atoms with E-state index in [2.05, 4.69) is 16.0 Å². The molecule has 0 saturated heterocycles. The Kier molecular flexibility index (Phi) is 9.53. The summed E-state index contributed by atoms with van der Waals surface area (Å²) in [5.74, 6) is -0.615. The van der Waals surface area contributed by atoms with Crippen LogP contribution in [0.5, 0.6) is 5.75 Å². The number of carbonyl (C=O) groups is 3. The van der Waals surface area contributed by atoms with Crippen molar-refractivity contribution >= 4 is 35.0 Å². The van der Waals surface area contributed by atoms with Gasteiger partial charge in [0.2, 0.25) is 5.91 Å². The van der Waals surface area contributed by atoms with Gasteiger partial charge < -0.3 is 30.7 Å². The first-order valence-electron chi connectivity index (χ1n) is 10.8. The third kappa shape index (κ3) is 7.71. The predicted octanol–water partition coefficient (Wildman–Crippen LogP) is 4.19. The number of anilines is 3. The lowest BCUT2D eigenvalue weighted by atomic mass is 10.1. The van der Waals surface area contributed by atoms with E-state index in [0.717, 1.165) is 11.3 Å². The number of carbonyl (C=O) groups excluding carboxylic acids is 2. The lowest BCUT2D eigenvalue weighted by Gasteiger charge is -2.34. The molecule has 2 aromatic carbocycles. The van der Waals surface area contributed by atoms with Crippen LogP contribution in [0.15, 0.2) is 42.5 Å². The number of methoxy groups -OCH3 is 1. The number of benzene rings is 2. The van der Waals surface area contributed by atoms with Crippen molar-refractivity contribution in [3.63, 3.8) is 0 Å². The fraction of sp³-hybridized carbons (Fsp3) is 0.375. The number of aliphatic carboxylic acids is 1. The molecule has 0 spiro atoms. The summed E-state index contributed by atoms with van der Waals surface area (Å²) in [6.07, 6.45) is 0.729. The number of para-hydroxylation sites is 1. The van der Waals surface area contributed by atoms with Crippen LogP contribution in [-0.2, 0) is 9.59 Å². The van der Waals surface area contributed by atoms with Gasteiger partial charge in [-0.1, -0.05) is 25.1 Å². The Labute approximate surface area is 194 Å². The molecule has 33 heavy (non-hydrogen) atoms. The lowest BCUT2D eigenvalue weighted by molar-refractivity contribution is -0.137. The van der Waals surface area contributed by atoms with Crippen molar-refractivity contribution in [2.45, 2.75) is 46.2 Å². The van der Waals surface area contributed by atoms with Gasteiger partial charge in [-0.3, -0.25) is 9.59 Å². The minimum absolute atomic E-state index is 0.0167. The Balaban J connectivity index is 2.24. The van der Waals surface area contributed by atoms with Crippen molar-refractivity contribution in [1.82, 2.24) is 5.32 Å². The van der Waals surface area contributed by atoms with Gasteiger partial charge in [-0.15, -0.1) is 0 Å². The molecule has 0 bridgehead atoms. The van der Waals surface area contributed by atoms with E-state index in [1.54, 1.807) is 18.2 Å². The molecule has 4 N–H and O–H groups in total. The molecule has 0 aliphatic carbocycles. The first-order valence-corrected chi connectivity index (χ1v) is 10.8. The molecule has 2 rings (SSSR count). The predicted molar refractivity (Wildman–Crippen MR) is 129 cm³/mol. The van der Waals surface area contributed by atoms with Crippen molar-refractivity contribution < 1.29 is 24.2 Å². The van der Waals surface area contributed by atoms with E-state index >= 15 is 0 Å². The topological polar surface area (TPSA) is 120 Å². The van der Waals surface area contributed by atoms with Crippen molar-refractivity contribution in [1.29, 1.82) is 0 Å². The maximum absolute atomic E-state index is 12.5. The van der Waals surface area contributed by atoms with Crippen LogP contribution in [-0.4, -0.2) is 42.8 Å². The molecule has 0 fully saturated rings. The van der Waals surface area contributed by atoms with Crippen molar-refractivity contribution in [3.05, 3.63) is 48.0 Å². The van der Waals surface area contributed by atoms with Crippen LogP contribution in [0.4, 0.5) is 21.9 Å². The number of ether oxygens (including phenoxy) is 1. The molecule has 1 atom stereocenters. The summed E-state index contributed by atoms with van der Waals surface area (Å²) in [4.78, 5) is 37.1. The van der Waals surface area contributed by atoms with Crippen LogP contribution >= 0.6 is 0 Å². The number of nitrogens with zero attached hydrogens (tertiary/aromatic N) is 1. The Morgan fingerprint density at radius 2 is 1.79 bits per heavy atom. The van der Waals surface area contributed by atoms with E-state index < -0.39 is 12.0 Å². The Morgan fingerprint density at radius 1 is 1.09 bits per heavy atom. The first-order chi connectivity index (χ1) is 15.7. The molecular formula is C24H32N4O5. The van der Waals surface area contributed by atoms with Gasteiger partial charge in [0.05, 0.1) is 12.8 Å². The molecule has 0 heterocycles. The van der Waals surface area contributed by atoms with Gasteiger partial charge >= 0.3 is 12.0 Å². The number of amides is 3. The van der Waals surface area contributed by atoms with Gasteiger partial charge in [-0.2, -0.15) is 0 Å². The lowest BCUT2D eigenvalue weighted by Crippen LogP contribution is -2.48. The third-order valence-electron chi connectivity index (χ3n) is 5.08. The van der Waals surface area contributed by atoms with Crippen LogP contribution < -0.4 is 25.6 Å². The number of hydrogen-bond donors (Lipinski definition) is 4. The average Bonchev–Trinajstić information content (AvgIpc) is 2.77. The number of rotatable bonds is 11. The Hall–Kier alpha value is -3.75. The minimum Gasteiger partial charge on any atom is -0.494 e. The van der Waals surface area contributed by atoms with Crippen molar-refractivity contribution in [3.8, 4) is 5.75 Å². The van der Waals surface area contributed by atoms with E-state index in [0.29, 0.717) is 36.5 Å². The van der Waals surface area contributed by atoms with Crippen LogP contribution in [0, 0.1) is 6.92 Å². The fourth-order valence-corrected chi connectivity index (χ4v) is 3.45. The molecule has 2 aromatic rings. The maximum atomic E-state index is 12.5. The molecule has 0 aliphatic rings. The molecule has 1 unspecified atom stereocenters. The summed E-state index contributed by atoms with van der Waals surface area (Å²) >= 11 is 0. The zero-order chi connectivity index (χ0) is 24.4. The second-order valence-electron chi connectivity index (χ2n) is 7.59. The van der Waals surface area contributed by atoms with E-state index in [1.807, 2.05) is 43.0 Å². The summed E-state index contributed by atoms with van der Waals surface area (Å²) in [6, 6.07) is 12.3. The van der Waals surface area contributed by atoms with Crippen molar-refractivity contribution in [2.75, 3.05) is 29.2 Å². The van der Waals surface area contributed by atoms with Gasteiger partial charge in [0.15, 0.2) is 0 Å². The van der Waals surface area contributed by atoms with Gasteiger partial charge in [0.25, 0.3) is 0 Å². The number of carboxylic acid groups (broad SMARTS) is 1. The highest BCUT2D eigenvalue weighted by Crippen LogP contribution is 2.31. The Morgan fingerprint density at radius 3 is 2.39 bits per heavy atom. The second-order valence-corrected chi connectivity index (χ2v) is 7.59. The number of nitrogens with one attached hydrogen (secondary N) is 3. The number of hydrogen-bond acceptors (Lipinski definition) is 5. The number of carboxylic acids is 1. The highest BCUT2D eigenvalue weighted by molar-refractivity contribution is 6.01. The molecule has 0 aliphatic heterocycles. The molecular weight excluding hydrogens is 424 g/mol. The zero-order valence-corrected chi connectivity index (χ0v) is 19.5. The van der Waals surface area contributed by atoms with E-state index in [4.69, 9.17) is 9.84 Å². The summed E-state index contributed by atoms with van der Waals surface area (Å²) in [5, 5.41) is 17.5. The maximum Gasteiger partial charge on any atom is 0.323 e. The standard InChI is InChI=1S/C24H32N4O5/c1-5-22(25-17(3)29)28(14-8-11-23(30)31)18-12-13-20(21(15-18)33-4)27-24(32)26-19-10-7-6-9-16(19)2/h6-7,9-10,12-13,15,22H,5,8,11,14H2,1-4H3,(H,25,29)(H,30,31)(H2,26,27,32). The smallest absolute Gasteiger partial charge is 0.323 e. The molecule has 9 nitrogen and oxygen atoms in total. The van der Waals surface area contributed by atoms with E-state index in [9.17, 15) is 14.4 Å². The van der Waals surface area contributed by atoms with Gasteiger partial charge in [0, 0.05) is 37.3 Å². The normalized spacial score (nSPS) is 11.3. The zero-order valence-electron chi connectivity index (χ0n) is 19.5. The first kappa shape index (κ1) is 25.5.